The van der Waals surface area contributed by atoms with Crippen LogP contribution in [-0.4, -0.2) is 30.4 Å². The number of carbonyl (C=O) groups is 1. The second kappa shape index (κ2) is 6.80. The highest BCUT2D eigenvalue weighted by atomic mass is 16.2. The summed E-state index contributed by atoms with van der Waals surface area (Å²) in [7, 11) is 0. The van der Waals surface area contributed by atoms with Gasteiger partial charge in [0.2, 0.25) is 5.91 Å². The first-order valence-electron chi connectivity index (χ1n) is 4.81. The highest BCUT2D eigenvalue weighted by Crippen LogP contribution is 2.12. The van der Waals surface area contributed by atoms with Crippen LogP contribution >= 0.6 is 0 Å². The van der Waals surface area contributed by atoms with Crippen LogP contribution in [0, 0.1) is 34.5 Å². The SMILES string of the molecule is CC(C)C(CN)C(=O)N(CC#N)CC#N. The summed E-state index contributed by atoms with van der Waals surface area (Å²) in [5.74, 6) is -0.412. The summed E-state index contributed by atoms with van der Waals surface area (Å²) in [5, 5.41) is 17.0. The van der Waals surface area contributed by atoms with E-state index in [0.717, 1.165) is 0 Å². The minimum absolute atomic E-state index is 0.0599. The summed E-state index contributed by atoms with van der Waals surface area (Å²) in [6, 6.07) is 3.73. The molecular weight excluding hydrogens is 192 g/mol. The molecule has 5 heteroatoms. The van der Waals surface area contributed by atoms with Gasteiger partial charge in [0.25, 0.3) is 0 Å². The molecule has 1 amide bonds. The molecular formula is C10H16N4O. The molecule has 0 aromatic carbocycles. The van der Waals surface area contributed by atoms with E-state index < -0.39 is 0 Å². The van der Waals surface area contributed by atoms with Gasteiger partial charge in [-0.05, 0) is 5.92 Å². The molecule has 0 fully saturated rings. The molecule has 82 valence electrons. The van der Waals surface area contributed by atoms with Crippen molar-refractivity contribution in [1.29, 1.82) is 10.5 Å². The molecule has 0 radical (unpaired) electrons. The number of hydrogen-bond donors (Lipinski definition) is 1. The summed E-state index contributed by atoms with van der Waals surface area (Å²) < 4.78 is 0. The molecule has 0 rings (SSSR count). The van der Waals surface area contributed by atoms with Crippen molar-refractivity contribution in [2.24, 2.45) is 17.6 Å². The van der Waals surface area contributed by atoms with Gasteiger partial charge in [-0.25, -0.2) is 0 Å². The van der Waals surface area contributed by atoms with E-state index in [0.29, 0.717) is 0 Å². The average molecular weight is 208 g/mol. The number of amides is 1. The van der Waals surface area contributed by atoms with Crippen molar-refractivity contribution in [3.05, 3.63) is 0 Å². The Bertz CT molecular complexity index is 271. The van der Waals surface area contributed by atoms with Crippen molar-refractivity contribution in [2.45, 2.75) is 13.8 Å². The van der Waals surface area contributed by atoms with Crippen molar-refractivity contribution in [3.8, 4) is 12.1 Å². The standard InChI is InChI=1S/C10H16N4O/c1-8(2)9(7-13)10(15)14(5-3-11)6-4-12/h8-9H,5-7,13H2,1-2H3. The molecule has 15 heavy (non-hydrogen) atoms. The van der Waals surface area contributed by atoms with Crippen LogP contribution in [0.1, 0.15) is 13.8 Å². The number of nitriles is 2. The van der Waals surface area contributed by atoms with E-state index in [2.05, 4.69) is 0 Å². The first kappa shape index (κ1) is 13.4. The predicted molar refractivity (Wildman–Crippen MR) is 55.2 cm³/mol. The Labute approximate surface area is 90.1 Å². The number of carbonyl (C=O) groups excluding carboxylic acids is 1. The van der Waals surface area contributed by atoms with E-state index in [1.807, 2.05) is 26.0 Å². The lowest BCUT2D eigenvalue weighted by atomic mass is 9.94. The Morgan fingerprint density at radius 1 is 1.33 bits per heavy atom. The fourth-order valence-corrected chi connectivity index (χ4v) is 1.28. The van der Waals surface area contributed by atoms with E-state index in [-0.39, 0.29) is 37.4 Å². The second-order valence-electron chi connectivity index (χ2n) is 3.60. The van der Waals surface area contributed by atoms with Crippen molar-refractivity contribution in [3.63, 3.8) is 0 Å². The topological polar surface area (TPSA) is 93.9 Å². The van der Waals surface area contributed by atoms with Gasteiger partial charge in [-0.1, -0.05) is 13.8 Å². The first-order chi connectivity index (χ1) is 7.08. The molecule has 0 aliphatic heterocycles. The van der Waals surface area contributed by atoms with Gasteiger partial charge in [0.15, 0.2) is 0 Å². The van der Waals surface area contributed by atoms with Crippen LogP contribution in [0.25, 0.3) is 0 Å². The quantitative estimate of drug-likeness (QED) is 0.648. The number of rotatable bonds is 5. The molecule has 0 saturated carbocycles. The van der Waals surface area contributed by atoms with Crippen LogP contribution in [0.15, 0.2) is 0 Å². The van der Waals surface area contributed by atoms with E-state index in [1.54, 1.807) is 0 Å². The summed E-state index contributed by atoms with van der Waals surface area (Å²) >= 11 is 0. The summed E-state index contributed by atoms with van der Waals surface area (Å²) in [6.45, 7) is 3.91. The minimum Gasteiger partial charge on any atom is -0.330 e. The van der Waals surface area contributed by atoms with Gasteiger partial charge in [0.1, 0.15) is 13.1 Å². The lowest BCUT2D eigenvalue weighted by molar-refractivity contribution is -0.135. The Hall–Kier alpha value is -1.59. The Morgan fingerprint density at radius 3 is 2.07 bits per heavy atom. The molecule has 0 aliphatic carbocycles. The van der Waals surface area contributed by atoms with Gasteiger partial charge >= 0.3 is 0 Å². The zero-order valence-electron chi connectivity index (χ0n) is 9.10. The van der Waals surface area contributed by atoms with E-state index in [1.165, 1.54) is 4.90 Å². The van der Waals surface area contributed by atoms with Crippen molar-refractivity contribution in [1.82, 2.24) is 4.90 Å². The maximum absolute atomic E-state index is 11.8. The van der Waals surface area contributed by atoms with Crippen molar-refractivity contribution >= 4 is 5.91 Å². The van der Waals surface area contributed by atoms with Gasteiger partial charge in [-0.2, -0.15) is 10.5 Å². The largest absolute Gasteiger partial charge is 0.330 e. The molecule has 1 unspecified atom stereocenters. The molecule has 0 heterocycles. The minimum atomic E-state index is -0.313. The zero-order chi connectivity index (χ0) is 11.8. The van der Waals surface area contributed by atoms with Crippen LogP contribution in [-0.2, 0) is 4.79 Å². The second-order valence-corrected chi connectivity index (χ2v) is 3.60. The molecule has 0 spiro atoms. The van der Waals surface area contributed by atoms with Crippen LogP contribution < -0.4 is 5.73 Å². The molecule has 0 bridgehead atoms. The Balaban J connectivity index is 4.62. The fraction of sp³-hybridized carbons (Fsp3) is 0.700. The smallest absolute Gasteiger partial charge is 0.228 e. The summed E-state index contributed by atoms with van der Waals surface area (Å²) in [5.41, 5.74) is 5.49. The van der Waals surface area contributed by atoms with Gasteiger partial charge in [-0.3, -0.25) is 4.79 Å². The molecule has 5 nitrogen and oxygen atoms in total. The van der Waals surface area contributed by atoms with Gasteiger partial charge in [0, 0.05) is 6.54 Å². The highest BCUT2D eigenvalue weighted by Gasteiger charge is 2.25. The Kier molecular flexibility index (Phi) is 6.08. The molecule has 1 atom stereocenters. The third kappa shape index (κ3) is 3.97. The highest BCUT2D eigenvalue weighted by molar-refractivity contribution is 5.79. The molecule has 0 aromatic heterocycles. The van der Waals surface area contributed by atoms with E-state index in [4.69, 9.17) is 16.3 Å². The van der Waals surface area contributed by atoms with Crippen molar-refractivity contribution < 1.29 is 4.79 Å². The number of nitrogens with zero attached hydrogens (tertiary/aromatic N) is 3. The van der Waals surface area contributed by atoms with Gasteiger partial charge < -0.3 is 10.6 Å². The van der Waals surface area contributed by atoms with Gasteiger partial charge in [-0.15, -0.1) is 0 Å². The normalized spacial score (nSPS) is 11.6. The Morgan fingerprint density at radius 2 is 1.80 bits per heavy atom. The number of hydrogen-bond acceptors (Lipinski definition) is 4. The zero-order valence-corrected chi connectivity index (χ0v) is 9.10. The van der Waals surface area contributed by atoms with Crippen LogP contribution in [0.5, 0.6) is 0 Å². The lowest BCUT2D eigenvalue weighted by Gasteiger charge is -2.24. The molecule has 0 aliphatic rings. The molecule has 2 N–H and O–H groups in total. The van der Waals surface area contributed by atoms with Crippen molar-refractivity contribution in [2.75, 3.05) is 19.6 Å². The monoisotopic (exact) mass is 208 g/mol. The predicted octanol–water partition coefficient (Wildman–Crippen LogP) is 0.0931. The third-order valence-electron chi connectivity index (χ3n) is 2.21. The summed E-state index contributed by atoms with van der Waals surface area (Å²) in [4.78, 5) is 13.1. The molecule has 0 aromatic rings. The maximum Gasteiger partial charge on any atom is 0.228 e. The third-order valence-corrected chi connectivity index (χ3v) is 2.21. The van der Waals surface area contributed by atoms with Crippen LogP contribution in [0.2, 0.25) is 0 Å². The average Bonchev–Trinajstić information content (AvgIpc) is 2.17. The van der Waals surface area contributed by atoms with Crippen LogP contribution in [0.3, 0.4) is 0 Å². The van der Waals surface area contributed by atoms with E-state index in [9.17, 15) is 4.79 Å². The summed E-state index contributed by atoms with van der Waals surface area (Å²) in [6.07, 6.45) is 0. The first-order valence-corrected chi connectivity index (χ1v) is 4.81. The number of nitrogens with two attached hydrogens (primary N) is 1. The molecule has 0 saturated heterocycles. The lowest BCUT2D eigenvalue weighted by Crippen LogP contribution is -2.41. The van der Waals surface area contributed by atoms with Crippen LogP contribution in [0.4, 0.5) is 0 Å². The van der Waals surface area contributed by atoms with Gasteiger partial charge in [0.05, 0.1) is 18.1 Å². The maximum atomic E-state index is 11.8. The fourth-order valence-electron chi connectivity index (χ4n) is 1.28. The van der Waals surface area contributed by atoms with E-state index >= 15 is 0 Å².